The van der Waals surface area contributed by atoms with Crippen molar-refractivity contribution in [3.63, 3.8) is 0 Å². The number of rotatable bonds is 2. The second kappa shape index (κ2) is 5.08. The van der Waals surface area contributed by atoms with Gasteiger partial charge in [-0.2, -0.15) is 9.61 Å². The van der Waals surface area contributed by atoms with Crippen LogP contribution in [0.4, 0.5) is 0 Å². The number of fused-ring (bicyclic) bond motifs is 1. The smallest absolute Gasteiger partial charge is 0.341 e. The fourth-order valence-electron chi connectivity index (χ4n) is 2.45. The first-order valence-corrected chi connectivity index (χ1v) is 7.22. The molecule has 1 aromatic carbocycles. The van der Waals surface area contributed by atoms with Crippen LogP contribution in [0.1, 0.15) is 36.7 Å². The van der Waals surface area contributed by atoms with Crippen molar-refractivity contribution in [2.45, 2.75) is 26.2 Å². The molecular weight excluding hydrogens is 294 g/mol. The summed E-state index contributed by atoms with van der Waals surface area (Å²) in [6.45, 7) is 6.38. The van der Waals surface area contributed by atoms with E-state index in [1.54, 1.807) is 0 Å². The third-order valence-electron chi connectivity index (χ3n) is 3.79. The molecule has 0 amide bonds. The van der Waals surface area contributed by atoms with Gasteiger partial charge in [0.05, 0.1) is 11.9 Å². The van der Waals surface area contributed by atoms with E-state index >= 15 is 0 Å². The lowest BCUT2D eigenvalue weighted by Gasteiger charge is -2.19. The van der Waals surface area contributed by atoms with Crippen LogP contribution in [-0.2, 0) is 5.41 Å². The number of carboxylic acid groups (broad SMARTS) is 1. The minimum atomic E-state index is -1.13. The van der Waals surface area contributed by atoms with E-state index < -0.39 is 5.97 Å². The molecule has 2 heterocycles. The van der Waals surface area contributed by atoms with Gasteiger partial charge in [-0.15, -0.1) is 0 Å². The number of nitrogens with zero attached hydrogens (tertiary/aromatic N) is 2. The lowest BCUT2D eigenvalue weighted by molar-refractivity contribution is 0.0699. The van der Waals surface area contributed by atoms with E-state index in [2.05, 4.69) is 30.9 Å². The van der Waals surface area contributed by atoms with Gasteiger partial charge in [-0.25, -0.2) is 4.79 Å². The predicted molar refractivity (Wildman–Crippen MR) is 86.9 cm³/mol. The van der Waals surface area contributed by atoms with Crippen molar-refractivity contribution in [3.05, 3.63) is 58.0 Å². The highest BCUT2D eigenvalue weighted by Gasteiger charge is 2.16. The van der Waals surface area contributed by atoms with Gasteiger partial charge in [0.1, 0.15) is 5.56 Å². The summed E-state index contributed by atoms with van der Waals surface area (Å²) in [6, 6.07) is 9.26. The van der Waals surface area contributed by atoms with Gasteiger partial charge >= 0.3 is 5.97 Å². The summed E-state index contributed by atoms with van der Waals surface area (Å²) in [7, 11) is 0. The van der Waals surface area contributed by atoms with Crippen LogP contribution < -0.4 is 5.56 Å². The average Bonchev–Trinajstić information content (AvgIpc) is 2.91. The molecule has 118 valence electrons. The Bertz CT molecular complexity index is 944. The first kappa shape index (κ1) is 15.0. The molecule has 0 atom stereocenters. The molecule has 3 rings (SSSR count). The lowest BCUT2D eigenvalue weighted by atomic mass is 9.86. The van der Waals surface area contributed by atoms with E-state index in [9.17, 15) is 14.7 Å². The summed E-state index contributed by atoms with van der Waals surface area (Å²) >= 11 is 0. The van der Waals surface area contributed by atoms with Gasteiger partial charge in [-0.05, 0) is 16.5 Å². The zero-order valence-electron chi connectivity index (χ0n) is 13.1. The maximum Gasteiger partial charge on any atom is 0.341 e. The number of nitrogens with one attached hydrogen (secondary N) is 1. The number of aromatic nitrogens is 3. The molecule has 3 aromatic rings. The van der Waals surface area contributed by atoms with E-state index in [1.165, 1.54) is 17.8 Å². The van der Waals surface area contributed by atoms with Crippen molar-refractivity contribution >= 4 is 11.6 Å². The molecule has 0 bridgehead atoms. The maximum atomic E-state index is 12.1. The molecule has 0 radical (unpaired) electrons. The molecule has 2 aromatic heterocycles. The second-order valence-electron chi connectivity index (χ2n) is 6.47. The number of hydrogen-bond donors (Lipinski definition) is 2. The highest BCUT2D eigenvalue weighted by Crippen LogP contribution is 2.25. The van der Waals surface area contributed by atoms with Crippen LogP contribution >= 0.6 is 0 Å². The van der Waals surface area contributed by atoms with Gasteiger partial charge in [0.25, 0.3) is 5.56 Å². The van der Waals surface area contributed by atoms with Gasteiger partial charge < -0.3 is 10.1 Å². The first-order chi connectivity index (χ1) is 10.8. The monoisotopic (exact) mass is 311 g/mol. The van der Waals surface area contributed by atoms with Crippen LogP contribution in [0.2, 0.25) is 0 Å². The quantitative estimate of drug-likeness (QED) is 0.761. The normalized spacial score (nSPS) is 11.8. The second-order valence-corrected chi connectivity index (χ2v) is 6.47. The summed E-state index contributed by atoms with van der Waals surface area (Å²) in [5, 5.41) is 13.0. The lowest BCUT2D eigenvalue weighted by Crippen LogP contribution is -2.15. The Hall–Kier alpha value is -2.89. The zero-order valence-corrected chi connectivity index (χ0v) is 13.1. The Morgan fingerprint density at radius 3 is 2.43 bits per heavy atom. The Balaban J connectivity index is 2.15. The molecule has 2 N–H and O–H groups in total. The topological polar surface area (TPSA) is 87.5 Å². The summed E-state index contributed by atoms with van der Waals surface area (Å²) in [4.78, 5) is 26.3. The molecule has 0 saturated carbocycles. The Kier molecular flexibility index (Phi) is 3.32. The predicted octanol–water partition coefficient (Wildman–Crippen LogP) is 2.69. The summed E-state index contributed by atoms with van der Waals surface area (Å²) < 4.78 is 1.05. The number of benzene rings is 1. The third kappa shape index (κ3) is 2.63. The van der Waals surface area contributed by atoms with Crippen LogP contribution in [0.3, 0.4) is 0 Å². The number of H-pyrrole nitrogens is 1. The molecule has 6 heteroatoms. The molecule has 0 aliphatic rings. The standard InChI is InChI=1S/C17H17N3O3/c1-17(2,3)11-6-4-10(5-7-11)13-8-14(21)20-15(19-13)12(9-18-20)16(22)23/h4-9,19H,1-3H3,(H,22,23). The highest BCUT2D eigenvalue weighted by atomic mass is 16.4. The van der Waals surface area contributed by atoms with Crippen LogP contribution in [0, 0.1) is 0 Å². The Morgan fingerprint density at radius 1 is 1.22 bits per heavy atom. The molecule has 0 aliphatic carbocycles. The molecule has 0 unspecified atom stereocenters. The number of aromatic amines is 1. The fraction of sp³-hybridized carbons (Fsp3) is 0.235. The van der Waals surface area contributed by atoms with Crippen molar-refractivity contribution < 1.29 is 9.90 Å². The van der Waals surface area contributed by atoms with Gasteiger partial charge in [-0.1, -0.05) is 45.0 Å². The molecule has 23 heavy (non-hydrogen) atoms. The molecule has 0 aliphatic heterocycles. The Labute approximate surface area is 132 Å². The van der Waals surface area contributed by atoms with E-state index in [0.717, 1.165) is 10.1 Å². The zero-order chi connectivity index (χ0) is 16.8. The molecule has 0 saturated heterocycles. The van der Waals surface area contributed by atoms with Crippen LogP contribution in [-0.4, -0.2) is 25.7 Å². The fourth-order valence-corrected chi connectivity index (χ4v) is 2.45. The molecule has 6 nitrogen and oxygen atoms in total. The minimum absolute atomic E-state index is 0.0322. The number of carboxylic acids is 1. The van der Waals surface area contributed by atoms with Gasteiger partial charge in [0.2, 0.25) is 0 Å². The number of hydrogen-bond acceptors (Lipinski definition) is 3. The van der Waals surface area contributed by atoms with Crippen molar-refractivity contribution in [3.8, 4) is 11.3 Å². The average molecular weight is 311 g/mol. The van der Waals surface area contributed by atoms with E-state index in [1.807, 2.05) is 24.3 Å². The largest absolute Gasteiger partial charge is 0.477 e. The van der Waals surface area contributed by atoms with E-state index in [0.29, 0.717) is 5.69 Å². The molecule has 0 spiro atoms. The van der Waals surface area contributed by atoms with Crippen LogP contribution in [0.5, 0.6) is 0 Å². The van der Waals surface area contributed by atoms with Crippen molar-refractivity contribution in [1.82, 2.24) is 14.6 Å². The third-order valence-corrected chi connectivity index (χ3v) is 3.79. The van der Waals surface area contributed by atoms with Crippen molar-refractivity contribution in [2.24, 2.45) is 0 Å². The van der Waals surface area contributed by atoms with E-state index in [4.69, 9.17) is 0 Å². The maximum absolute atomic E-state index is 12.1. The van der Waals surface area contributed by atoms with Gasteiger partial charge in [-0.3, -0.25) is 4.79 Å². The van der Waals surface area contributed by atoms with Gasteiger partial charge in [0, 0.05) is 6.07 Å². The summed E-state index contributed by atoms with van der Waals surface area (Å²) in [5.74, 6) is -1.13. The first-order valence-electron chi connectivity index (χ1n) is 7.22. The summed E-state index contributed by atoms with van der Waals surface area (Å²) in [6.07, 6.45) is 1.17. The SMILES string of the molecule is CC(C)(C)c1ccc(-c2cc(=O)n3ncc(C(=O)O)c3[nH]2)cc1. The van der Waals surface area contributed by atoms with E-state index in [-0.39, 0.29) is 22.2 Å². The molecular formula is C17H17N3O3. The van der Waals surface area contributed by atoms with Crippen molar-refractivity contribution in [1.29, 1.82) is 0 Å². The number of aromatic carboxylic acids is 1. The minimum Gasteiger partial charge on any atom is -0.477 e. The van der Waals surface area contributed by atoms with Crippen LogP contribution in [0.25, 0.3) is 16.9 Å². The number of carbonyl (C=O) groups is 1. The molecule has 0 fully saturated rings. The van der Waals surface area contributed by atoms with Crippen LogP contribution in [0.15, 0.2) is 41.3 Å². The van der Waals surface area contributed by atoms with Crippen molar-refractivity contribution in [2.75, 3.05) is 0 Å². The highest BCUT2D eigenvalue weighted by molar-refractivity contribution is 5.94. The summed E-state index contributed by atoms with van der Waals surface area (Å²) in [5.41, 5.74) is 2.37. The van der Waals surface area contributed by atoms with Gasteiger partial charge in [0.15, 0.2) is 5.65 Å². The Morgan fingerprint density at radius 2 is 1.87 bits per heavy atom.